The Morgan fingerprint density at radius 1 is 1.57 bits per heavy atom. The second-order valence-corrected chi connectivity index (χ2v) is 3.73. The zero-order valence-corrected chi connectivity index (χ0v) is 8.39. The fourth-order valence-electron chi connectivity index (χ4n) is 1.38. The topological polar surface area (TPSA) is 59.0 Å². The number of nitrogens with two attached hydrogens (primary N) is 1. The summed E-state index contributed by atoms with van der Waals surface area (Å²) in [5.74, 6) is 0.701. The lowest BCUT2D eigenvalue weighted by Crippen LogP contribution is -1.92. The predicted octanol–water partition coefficient (Wildman–Crippen LogP) is 2.36. The van der Waals surface area contributed by atoms with Gasteiger partial charge in [-0.25, -0.2) is 0 Å². The van der Waals surface area contributed by atoms with Crippen LogP contribution in [0.3, 0.4) is 0 Å². The number of nitrogens with zero attached hydrogens (tertiary/aromatic N) is 1. The van der Waals surface area contributed by atoms with E-state index in [4.69, 9.17) is 15.7 Å². The van der Waals surface area contributed by atoms with Gasteiger partial charge in [0.25, 0.3) is 0 Å². The lowest BCUT2D eigenvalue weighted by atomic mass is 10.1. The summed E-state index contributed by atoms with van der Waals surface area (Å²) in [6, 6.07) is 5.67. The summed E-state index contributed by atoms with van der Waals surface area (Å²) in [6.07, 6.45) is 0. The minimum absolute atomic E-state index is 0.469. The Morgan fingerprint density at radius 2 is 2.36 bits per heavy atom. The number of hydrogen-bond donors (Lipinski definition) is 1. The Bertz CT molecular complexity index is 525. The minimum atomic E-state index is 0.469. The number of benzene rings is 1. The SMILES string of the molecule is COc1cc(C#N)c(N)c2sccc12. The molecular formula is C10H8N2OS. The molecule has 0 bridgehead atoms. The van der Waals surface area contributed by atoms with Crippen molar-refractivity contribution in [3.8, 4) is 11.8 Å². The Morgan fingerprint density at radius 3 is 3.00 bits per heavy atom. The van der Waals surface area contributed by atoms with Gasteiger partial charge >= 0.3 is 0 Å². The molecule has 70 valence electrons. The van der Waals surface area contributed by atoms with Crippen LogP contribution in [-0.2, 0) is 0 Å². The van der Waals surface area contributed by atoms with Crippen LogP contribution < -0.4 is 10.5 Å². The normalized spacial score (nSPS) is 10.0. The number of nitriles is 1. The summed E-state index contributed by atoms with van der Waals surface area (Å²) in [5.41, 5.74) is 6.84. The van der Waals surface area contributed by atoms with Crippen molar-refractivity contribution in [3.05, 3.63) is 23.1 Å². The van der Waals surface area contributed by atoms with Crippen LogP contribution in [0.25, 0.3) is 10.1 Å². The molecular weight excluding hydrogens is 196 g/mol. The Labute approximate surface area is 85.3 Å². The van der Waals surface area contributed by atoms with Crippen molar-refractivity contribution in [2.75, 3.05) is 12.8 Å². The van der Waals surface area contributed by atoms with Crippen LogP contribution in [0.4, 0.5) is 5.69 Å². The van der Waals surface area contributed by atoms with E-state index < -0.39 is 0 Å². The molecule has 3 nitrogen and oxygen atoms in total. The zero-order valence-electron chi connectivity index (χ0n) is 7.57. The molecule has 0 amide bonds. The maximum absolute atomic E-state index is 8.85. The van der Waals surface area contributed by atoms with Gasteiger partial charge in [0, 0.05) is 11.5 Å². The van der Waals surface area contributed by atoms with E-state index in [-0.39, 0.29) is 0 Å². The summed E-state index contributed by atoms with van der Waals surface area (Å²) >= 11 is 1.52. The predicted molar refractivity (Wildman–Crippen MR) is 57.5 cm³/mol. The second-order valence-electron chi connectivity index (χ2n) is 2.82. The molecule has 0 fully saturated rings. The summed E-state index contributed by atoms with van der Waals surface area (Å²) in [7, 11) is 1.59. The number of nitrogen functional groups attached to an aromatic ring is 1. The summed E-state index contributed by atoms with van der Waals surface area (Å²) in [6.45, 7) is 0. The first-order valence-corrected chi connectivity index (χ1v) is 4.89. The minimum Gasteiger partial charge on any atom is -0.496 e. The van der Waals surface area contributed by atoms with Crippen molar-refractivity contribution in [1.29, 1.82) is 5.26 Å². The standard InChI is InChI=1S/C10H8N2OS/c1-13-8-4-6(5-11)9(12)10-7(8)2-3-14-10/h2-4H,12H2,1H3. The molecule has 14 heavy (non-hydrogen) atoms. The third kappa shape index (κ3) is 1.10. The Hall–Kier alpha value is -1.73. The van der Waals surface area contributed by atoms with Crippen LogP contribution >= 0.6 is 11.3 Å². The van der Waals surface area contributed by atoms with E-state index in [9.17, 15) is 0 Å². The first-order chi connectivity index (χ1) is 6.77. The van der Waals surface area contributed by atoms with Crippen LogP contribution in [0.2, 0.25) is 0 Å². The van der Waals surface area contributed by atoms with E-state index in [1.165, 1.54) is 11.3 Å². The molecule has 2 rings (SSSR count). The number of thiophene rings is 1. The van der Waals surface area contributed by atoms with Crippen molar-refractivity contribution >= 4 is 27.1 Å². The highest BCUT2D eigenvalue weighted by atomic mass is 32.1. The quantitative estimate of drug-likeness (QED) is 0.725. The molecule has 0 atom stereocenters. The molecule has 2 aromatic rings. The summed E-state index contributed by atoms with van der Waals surface area (Å²) in [5, 5.41) is 11.8. The van der Waals surface area contributed by atoms with Crippen molar-refractivity contribution in [2.45, 2.75) is 0 Å². The molecule has 0 aliphatic rings. The van der Waals surface area contributed by atoms with Crippen molar-refractivity contribution in [1.82, 2.24) is 0 Å². The fourth-order valence-corrected chi connectivity index (χ4v) is 2.25. The van der Waals surface area contributed by atoms with E-state index in [2.05, 4.69) is 6.07 Å². The van der Waals surface area contributed by atoms with E-state index >= 15 is 0 Å². The highest BCUT2D eigenvalue weighted by Gasteiger charge is 2.10. The maximum atomic E-state index is 8.85. The lowest BCUT2D eigenvalue weighted by Gasteiger charge is -2.05. The molecule has 4 heteroatoms. The largest absolute Gasteiger partial charge is 0.496 e. The highest BCUT2D eigenvalue weighted by molar-refractivity contribution is 7.17. The molecule has 1 heterocycles. The third-order valence-corrected chi connectivity index (χ3v) is 3.03. The fraction of sp³-hybridized carbons (Fsp3) is 0.100. The number of hydrogen-bond acceptors (Lipinski definition) is 4. The van der Waals surface area contributed by atoms with Crippen LogP contribution in [0, 0.1) is 11.3 Å². The average molecular weight is 204 g/mol. The van der Waals surface area contributed by atoms with Crippen LogP contribution in [0.1, 0.15) is 5.56 Å². The van der Waals surface area contributed by atoms with Gasteiger partial charge in [-0.05, 0) is 11.4 Å². The van der Waals surface area contributed by atoms with Gasteiger partial charge in [0.15, 0.2) is 0 Å². The van der Waals surface area contributed by atoms with Crippen molar-refractivity contribution in [2.24, 2.45) is 0 Å². The number of methoxy groups -OCH3 is 1. The van der Waals surface area contributed by atoms with E-state index in [0.29, 0.717) is 17.0 Å². The van der Waals surface area contributed by atoms with Gasteiger partial charge in [0.05, 0.1) is 23.1 Å². The van der Waals surface area contributed by atoms with Crippen molar-refractivity contribution < 1.29 is 4.74 Å². The monoisotopic (exact) mass is 204 g/mol. The molecule has 0 saturated carbocycles. The lowest BCUT2D eigenvalue weighted by molar-refractivity contribution is 0.420. The van der Waals surface area contributed by atoms with Gasteiger partial charge in [-0.2, -0.15) is 5.26 Å². The number of rotatable bonds is 1. The smallest absolute Gasteiger partial charge is 0.129 e. The molecule has 0 unspecified atom stereocenters. The van der Waals surface area contributed by atoms with Gasteiger partial charge < -0.3 is 10.5 Å². The summed E-state index contributed by atoms with van der Waals surface area (Å²) in [4.78, 5) is 0. The number of ether oxygens (including phenoxy) is 1. The Kier molecular flexibility index (Phi) is 2.02. The van der Waals surface area contributed by atoms with Gasteiger partial charge in [-0.3, -0.25) is 0 Å². The molecule has 0 saturated heterocycles. The van der Waals surface area contributed by atoms with Gasteiger partial charge in [0.1, 0.15) is 11.8 Å². The van der Waals surface area contributed by atoms with E-state index in [1.807, 2.05) is 11.4 Å². The van der Waals surface area contributed by atoms with E-state index in [1.54, 1.807) is 13.2 Å². The molecule has 0 radical (unpaired) electrons. The maximum Gasteiger partial charge on any atom is 0.129 e. The first-order valence-electron chi connectivity index (χ1n) is 4.01. The van der Waals surface area contributed by atoms with E-state index in [0.717, 1.165) is 10.1 Å². The molecule has 0 aliphatic carbocycles. The first kappa shape index (κ1) is 8.85. The second kappa shape index (κ2) is 3.20. The molecule has 1 aromatic heterocycles. The number of fused-ring (bicyclic) bond motifs is 1. The molecule has 0 aliphatic heterocycles. The molecule has 2 N–H and O–H groups in total. The third-order valence-electron chi connectivity index (χ3n) is 2.08. The summed E-state index contributed by atoms with van der Waals surface area (Å²) < 4.78 is 6.10. The van der Waals surface area contributed by atoms with Crippen LogP contribution in [-0.4, -0.2) is 7.11 Å². The number of anilines is 1. The molecule has 0 spiro atoms. The zero-order chi connectivity index (χ0) is 10.1. The van der Waals surface area contributed by atoms with Crippen LogP contribution in [0.15, 0.2) is 17.5 Å². The van der Waals surface area contributed by atoms with Gasteiger partial charge in [-0.15, -0.1) is 11.3 Å². The van der Waals surface area contributed by atoms with Crippen LogP contribution in [0.5, 0.6) is 5.75 Å². The highest BCUT2D eigenvalue weighted by Crippen LogP contribution is 2.36. The van der Waals surface area contributed by atoms with Crippen molar-refractivity contribution in [3.63, 3.8) is 0 Å². The molecule has 1 aromatic carbocycles. The average Bonchev–Trinajstić information content (AvgIpc) is 2.68. The Balaban J connectivity index is 2.89. The van der Waals surface area contributed by atoms with Gasteiger partial charge in [0.2, 0.25) is 0 Å². The van der Waals surface area contributed by atoms with Gasteiger partial charge in [-0.1, -0.05) is 0 Å².